The van der Waals surface area contributed by atoms with Crippen LogP contribution in [0, 0.1) is 0 Å². The quantitative estimate of drug-likeness (QED) is 0.837. The van der Waals surface area contributed by atoms with E-state index >= 15 is 0 Å². The molecule has 1 aliphatic heterocycles. The summed E-state index contributed by atoms with van der Waals surface area (Å²) >= 11 is 0. The minimum Gasteiger partial charge on any atom is -0.394 e. The predicted molar refractivity (Wildman–Crippen MR) is 105 cm³/mol. The van der Waals surface area contributed by atoms with Crippen LogP contribution in [0.3, 0.4) is 0 Å². The van der Waals surface area contributed by atoms with Crippen molar-refractivity contribution in [1.82, 2.24) is 9.80 Å². The maximum atomic E-state index is 10.0. The van der Waals surface area contributed by atoms with Crippen molar-refractivity contribution >= 4 is 0 Å². The van der Waals surface area contributed by atoms with Crippen molar-refractivity contribution in [3.05, 3.63) is 71.8 Å². The van der Waals surface area contributed by atoms with Gasteiger partial charge in [-0.15, -0.1) is 0 Å². The van der Waals surface area contributed by atoms with Gasteiger partial charge >= 0.3 is 0 Å². The van der Waals surface area contributed by atoms with Crippen molar-refractivity contribution in [3.8, 4) is 0 Å². The number of rotatable bonds is 6. The van der Waals surface area contributed by atoms with Crippen LogP contribution in [0.25, 0.3) is 0 Å². The molecule has 1 saturated heterocycles. The molecule has 4 heteroatoms. The van der Waals surface area contributed by atoms with E-state index in [1.165, 1.54) is 0 Å². The molecule has 0 aromatic heterocycles. The SMILES string of the molecule is C[C@H]1[C@H](C)N([C@@H](CO)c2ccccc2)CCN1[C@@H](CO)c1ccccc1. The topological polar surface area (TPSA) is 46.9 Å². The molecule has 2 N–H and O–H groups in total. The first-order valence-corrected chi connectivity index (χ1v) is 9.50. The van der Waals surface area contributed by atoms with Crippen molar-refractivity contribution in [2.45, 2.75) is 38.0 Å². The Kier molecular flexibility index (Phi) is 6.43. The second kappa shape index (κ2) is 8.78. The van der Waals surface area contributed by atoms with E-state index in [0.717, 1.165) is 24.2 Å². The maximum absolute atomic E-state index is 10.0. The van der Waals surface area contributed by atoms with E-state index in [2.05, 4.69) is 47.9 Å². The number of benzene rings is 2. The van der Waals surface area contributed by atoms with Gasteiger partial charge in [-0.3, -0.25) is 9.80 Å². The molecule has 2 aromatic rings. The first kappa shape index (κ1) is 19.1. The summed E-state index contributed by atoms with van der Waals surface area (Å²) in [7, 11) is 0. The lowest BCUT2D eigenvalue weighted by Gasteiger charge is -2.50. The molecule has 26 heavy (non-hydrogen) atoms. The highest BCUT2D eigenvalue weighted by molar-refractivity contribution is 5.21. The largest absolute Gasteiger partial charge is 0.394 e. The summed E-state index contributed by atoms with van der Waals surface area (Å²) in [5.41, 5.74) is 2.31. The van der Waals surface area contributed by atoms with Gasteiger partial charge in [-0.05, 0) is 25.0 Å². The molecular weight excluding hydrogens is 324 g/mol. The van der Waals surface area contributed by atoms with Crippen molar-refractivity contribution in [3.63, 3.8) is 0 Å². The zero-order chi connectivity index (χ0) is 18.5. The first-order chi connectivity index (χ1) is 12.7. The highest BCUT2D eigenvalue weighted by atomic mass is 16.3. The lowest BCUT2D eigenvalue weighted by Crippen LogP contribution is -2.59. The van der Waals surface area contributed by atoms with E-state index in [9.17, 15) is 10.2 Å². The average molecular weight is 354 g/mol. The van der Waals surface area contributed by atoms with E-state index < -0.39 is 0 Å². The molecule has 0 saturated carbocycles. The minimum atomic E-state index is 0.0140. The van der Waals surface area contributed by atoms with E-state index in [0.29, 0.717) is 0 Å². The van der Waals surface area contributed by atoms with Crippen LogP contribution in [0.2, 0.25) is 0 Å². The van der Waals surface area contributed by atoms with Gasteiger partial charge in [-0.1, -0.05) is 60.7 Å². The molecule has 1 aliphatic rings. The third-order valence-corrected chi connectivity index (χ3v) is 5.88. The molecule has 4 atom stereocenters. The zero-order valence-corrected chi connectivity index (χ0v) is 15.7. The molecule has 0 bridgehead atoms. The fraction of sp³-hybridized carbons (Fsp3) is 0.455. The number of aliphatic hydroxyl groups excluding tert-OH is 2. The molecule has 140 valence electrons. The highest BCUT2D eigenvalue weighted by Gasteiger charge is 2.37. The summed E-state index contributed by atoms with van der Waals surface area (Å²) in [4.78, 5) is 4.80. The van der Waals surface area contributed by atoms with E-state index in [4.69, 9.17) is 0 Å². The number of nitrogens with zero attached hydrogens (tertiary/aromatic N) is 2. The van der Waals surface area contributed by atoms with Crippen LogP contribution >= 0.6 is 0 Å². The molecule has 1 heterocycles. The van der Waals surface area contributed by atoms with Crippen LogP contribution in [0.4, 0.5) is 0 Å². The number of hydrogen-bond donors (Lipinski definition) is 2. The van der Waals surface area contributed by atoms with Gasteiger partial charge in [0.05, 0.1) is 25.3 Å². The monoisotopic (exact) mass is 354 g/mol. The Balaban J connectivity index is 1.78. The Labute approximate surface area is 156 Å². The van der Waals surface area contributed by atoms with E-state index in [1.54, 1.807) is 0 Å². The zero-order valence-electron chi connectivity index (χ0n) is 15.7. The van der Waals surface area contributed by atoms with Crippen LogP contribution in [-0.2, 0) is 0 Å². The molecule has 2 aromatic carbocycles. The van der Waals surface area contributed by atoms with Crippen LogP contribution < -0.4 is 0 Å². The fourth-order valence-corrected chi connectivity index (χ4v) is 4.23. The lowest BCUT2D eigenvalue weighted by molar-refractivity contribution is -0.0372. The van der Waals surface area contributed by atoms with Gasteiger partial charge in [-0.2, -0.15) is 0 Å². The van der Waals surface area contributed by atoms with Crippen LogP contribution in [0.1, 0.15) is 37.1 Å². The number of piperazine rings is 1. The second-order valence-electron chi connectivity index (χ2n) is 7.17. The lowest BCUT2D eigenvalue weighted by atomic mass is 9.95. The van der Waals surface area contributed by atoms with Gasteiger partial charge in [0, 0.05) is 25.2 Å². The second-order valence-corrected chi connectivity index (χ2v) is 7.17. The van der Waals surface area contributed by atoms with Gasteiger partial charge < -0.3 is 10.2 Å². The smallest absolute Gasteiger partial charge is 0.0628 e. The average Bonchev–Trinajstić information content (AvgIpc) is 2.69. The van der Waals surface area contributed by atoms with E-state index in [1.807, 2.05) is 36.4 Å². The molecule has 0 aliphatic carbocycles. The predicted octanol–water partition coefficient (Wildman–Crippen LogP) is 2.85. The summed E-state index contributed by atoms with van der Waals surface area (Å²) < 4.78 is 0. The van der Waals surface area contributed by atoms with Crippen molar-refractivity contribution in [2.24, 2.45) is 0 Å². The Bertz CT molecular complexity index is 605. The summed E-state index contributed by atoms with van der Waals surface area (Å²) in [5.74, 6) is 0. The van der Waals surface area contributed by atoms with Crippen LogP contribution in [-0.4, -0.2) is 58.4 Å². The number of hydrogen-bond acceptors (Lipinski definition) is 4. The summed E-state index contributed by atoms with van der Waals surface area (Å²) in [6, 6.07) is 21.1. The molecule has 4 nitrogen and oxygen atoms in total. The Morgan fingerprint density at radius 3 is 1.38 bits per heavy atom. The first-order valence-electron chi connectivity index (χ1n) is 9.50. The van der Waals surface area contributed by atoms with Crippen molar-refractivity contribution in [1.29, 1.82) is 0 Å². The van der Waals surface area contributed by atoms with Gasteiger partial charge in [0.1, 0.15) is 0 Å². The Hall–Kier alpha value is -1.72. The maximum Gasteiger partial charge on any atom is 0.0628 e. The molecule has 0 unspecified atom stereocenters. The molecule has 0 amide bonds. The molecule has 1 fully saturated rings. The Morgan fingerprint density at radius 2 is 1.08 bits per heavy atom. The standard InChI is InChI=1S/C22H30N2O2/c1-17-18(2)24(22(16-26)20-11-7-4-8-12-20)14-13-23(17)21(15-25)19-9-5-3-6-10-19/h3-12,17-18,21-22,25-26H,13-16H2,1-2H3/t17-,18-,21-,22-/m0/s1. The third kappa shape index (κ3) is 3.84. The number of aliphatic hydroxyl groups is 2. The summed E-state index contributed by atoms with van der Waals surface area (Å²) in [6.45, 7) is 6.42. The minimum absolute atomic E-state index is 0.0140. The van der Waals surface area contributed by atoms with Gasteiger partial charge in [0.15, 0.2) is 0 Å². The van der Waals surface area contributed by atoms with Crippen LogP contribution in [0.5, 0.6) is 0 Å². The Morgan fingerprint density at radius 1 is 0.731 bits per heavy atom. The van der Waals surface area contributed by atoms with Crippen molar-refractivity contribution < 1.29 is 10.2 Å². The third-order valence-electron chi connectivity index (χ3n) is 5.88. The normalized spacial score (nSPS) is 24.3. The molecular formula is C22H30N2O2. The fourth-order valence-electron chi connectivity index (χ4n) is 4.23. The molecule has 0 spiro atoms. The van der Waals surface area contributed by atoms with Gasteiger partial charge in [0.2, 0.25) is 0 Å². The van der Waals surface area contributed by atoms with Gasteiger partial charge in [-0.25, -0.2) is 0 Å². The van der Waals surface area contributed by atoms with Crippen LogP contribution in [0.15, 0.2) is 60.7 Å². The highest BCUT2D eigenvalue weighted by Crippen LogP contribution is 2.32. The molecule has 3 rings (SSSR count). The van der Waals surface area contributed by atoms with Crippen molar-refractivity contribution in [2.75, 3.05) is 26.3 Å². The van der Waals surface area contributed by atoms with E-state index in [-0.39, 0.29) is 37.4 Å². The summed E-state index contributed by atoms with van der Waals surface area (Å²) in [6.07, 6.45) is 0. The van der Waals surface area contributed by atoms with Gasteiger partial charge in [0.25, 0.3) is 0 Å². The molecule has 0 radical (unpaired) electrons. The summed E-state index contributed by atoms with van der Waals surface area (Å²) in [5, 5.41) is 20.1.